The summed E-state index contributed by atoms with van der Waals surface area (Å²) in [6.07, 6.45) is 0. The summed E-state index contributed by atoms with van der Waals surface area (Å²) in [5, 5.41) is 21.5. The smallest absolute Gasteiger partial charge is 0.337 e. The van der Waals surface area contributed by atoms with Crippen molar-refractivity contribution < 1.29 is 9.90 Å². The molecule has 0 atom stereocenters. The number of rotatable bonds is 3. The van der Waals surface area contributed by atoms with Crippen LogP contribution in [0.2, 0.25) is 5.02 Å². The molecule has 6 heteroatoms. The fourth-order valence-electron chi connectivity index (χ4n) is 1.71. The molecule has 5 nitrogen and oxygen atoms in total. The Bertz CT molecular complexity index is 723. The average Bonchev–Trinajstić information content (AvgIpc) is 2.41. The van der Waals surface area contributed by atoms with E-state index in [1.54, 1.807) is 30.3 Å². The second kappa shape index (κ2) is 5.51. The molecular weight excluding hydrogens is 278 g/mol. The monoisotopic (exact) mass is 287 g/mol. The van der Waals surface area contributed by atoms with E-state index in [4.69, 9.17) is 27.7 Å². The van der Waals surface area contributed by atoms with Crippen molar-refractivity contribution in [3.63, 3.8) is 0 Å². The average molecular weight is 288 g/mol. The van der Waals surface area contributed by atoms with E-state index in [0.717, 1.165) is 0 Å². The maximum atomic E-state index is 11.2. The number of nitrogens with two attached hydrogens (primary N) is 1. The van der Waals surface area contributed by atoms with Crippen LogP contribution in [0.4, 0.5) is 17.1 Å². The number of benzene rings is 2. The molecule has 0 aliphatic carbocycles. The second-order valence-electron chi connectivity index (χ2n) is 4.04. The number of nitrogens with zero attached hydrogens (tertiary/aromatic N) is 1. The Morgan fingerprint density at radius 2 is 2.00 bits per heavy atom. The van der Waals surface area contributed by atoms with Gasteiger partial charge in [0.25, 0.3) is 0 Å². The highest BCUT2D eigenvalue weighted by Gasteiger charge is 2.12. The standard InChI is InChI=1S/C14H10ClN3O2/c15-9-2-1-8(7-16)13(5-9)18-12-4-3-10(17)6-11(12)14(19)20/h1-6,18H,17H2,(H,19,20). The van der Waals surface area contributed by atoms with E-state index in [-0.39, 0.29) is 5.56 Å². The summed E-state index contributed by atoms with van der Waals surface area (Å²) in [6, 6.07) is 11.2. The lowest BCUT2D eigenvalue weighted by atomic mass is 10.1. The Morgan fingerprint density at radius 3 is 2.65 bits per heavy atom. The minimum absolute atomic E-state index is 0.0221. The van der Waals surface area contributed by atoms with Gasteiger partial charge in [0.05, 0.1) is 22.5 Å². The molecule has 0 spiro atoms. The minimum atomic E-state index is -1.11. The van der Waals surface area contributed by atoms with Gasteiger partial charge in [-0.1, -0.05) is 11.6 Å². The van der Waals surface area contributed by atoms with Gasteiger partial charge in [0.2, 0.25) is 0 Å². The highest BCUT2D eigenvalue weighted by atomic mass is 35.5. The minimum Gasteiger partial charge on any atom is -0.478 e. The number of hydrogen-bond acceptors (Lipinski definition) is 4. The van der Waals surface area contributed by atoms with Crippen LogP contribution in [0.3, 0.4) is 0 Å². The van der Waals surface area contributed by atoms with E-state index in [9.17, 15) is 4.79 Å². The third-order valence-corrected chi connectivity index (χ3v) is 2.88. The van der Waals surface area contributed by atoms with Gasteiger partial charge in [-0.3, -0.25) is 0 Å². The van der Waals surface area contributed by atoms with E-state index >= 15 is 0 Å². The van der Waals surface area contributed by atoms with Crippen molar-refractivity contribution in [1.82, 2.24) is 0 Å². The molecule has 0 saturated carbocycles. The molecule has 0 radical (unpaired) electrons. The molecule has 0 aliphatic heterocycles. The van der Waals surface area contributed by atoms with E-state index in [0.29, 0.717) is 27.6 Å². The molecule has 4 N–H and O–H groups in total. The van der Waals surface area contributed by atoms with Gasteiger partial charge >= 0.3 is 5.97 Å². The molecule has 20 heavy (non-hydrogen) atoms. The Morgan fingerprint density at radius 1 is 1.25 bits per heavy atom. The van der Waals surface area contributed by atoms with Crippen LogP contribution in [-0.2, 0) is 0 Å². The Kier molecular flexibility index (Phi) is 3.78. The number of halogens is 1. The summed E-state index contributed by atoms with van der Waals surface area (Å²) >= 11 is 5.88. The van der Waals surface area contributed by atoms with E-state index in [1.165, 1.54) is 6.07 Å². The van der Waals surface area contributed by atoms with Crippen LogP contribution in [-0.4, -0.2) is 11.1 Å². The van der Waals surface area contributed by atoms with Crippen LogP contribution in [0.1, 0.15) is 15.9 Å². The first-order chi connectivity index (χ1) is 9.51. The molecule has 2 rings (SSSR count). The van der Waals surface area contributed by atoms with Gasteiger partial charge < -0.3 is 16.2 Å². The molecule has 0 amide bonds. The zero-order valence-electron chi connectivity index (χ0n) is 10.2. The van der Waals surface area contributed by atoms with Crippen molar-refractivity contribution in [3.8, 4) is 6.07 Å². The van der Waals surface area contributed by atoms with Crippen LogP contribution in [0.25, 0.3) is 0 Å². The van der Waals surface area contributed by atoms with Gasteiger partial charge in [0.15, 0.2) is 0 Å². The Labute approximate surface area is 120 Å². The largest absolute Gasteiger partial charge is 0.478 e. The molecule has 0 unspecified atom stereocenters. The second-order valence-corrected chi connectivity index (χ2v) is 4.47. The zero-order valence-corrected chi connectivity index (χ0v) is 11.0. The van der Waals surface area contributed by atoms with Crippen LogP contribution in [0.15, 0.2) is 36.4 Å². The molecule has 0 bridgehead atoms. The summed E-state index contributed by atoms with van der Waals surface area (Å²) in [7, 11) is 0. The maximum Gasteiger partial charge on any atom is 0.337 e. The highest BCUT2D eigenvalue weighted by Crippen LogP contribution is 2.27. The van der Waals surface area contributed by atoms with Crippen molar-refractivity contribution in [2.24, 2.45) is 0 Å². The third kappa shape index (κ3) is 2.82. The van der Waals surface area contributed by atoms with Gasteiger partial charge in [0.1, 0.15) is 6.07 Å². The Balaban J connectivity index is 2.48. The number of aromatic carboxylic acids is 1. The number of nitrogens with one attached hydrogen (secondary N) is 1. The summed E-state index contributed by atoms with van der Waals surface area (Å²) in [4.78, 5) is 11.2. The molecule has 0 heterocycles. The number of nitrogen functional groups attached to an aromatic ring is 1. The van der Waals surface area contributed by atoms with E-state index in [1.807, 2.05) is 6.07 Å². The van der Waals surface area contributed by atoms with Crippen molar-refractivity contribution in [2.45, 2.75) is 0 Å². The molecule has 0 aromatic heterocycles. The number of anilines is 3. The fraction of sp³-hybridized carbons (Fsp3) is 0. The number of carboxylic acid groups (broad SMARTS) is 1. The van der Waals surface area contributed by atoms with Gasteiger partial charge in [-0.15, -0.1) is 0 Å². The van der Waals surface area contributed by atoms with Crippen molar-refractivity contribution >= 4 is 34.6 Å². The van der Waals surface area contributed by atoms with E-state index in [2.05, 4.69) is 5.32 Å². The first kappa shape index (κ1) is 13.7. The van der Waals surface area contributed by atoms with Crippen molar-refractivity contribution in [2.75, 3.05) is 11.1 Å². The lowest BCUT2D eigenvalue weighted by Gasteiger charge is -2.12. The predicted molar refractivity (Wildman–Crippen MR) is 77.3 cm³/mol. The van der Waals surface area contributed by atoms with Gasteiger partial charge in [-0.25, -0.2) is 4.79 Å². The maximum absolute atomic E-state index is 11.2. The van der Waals surface area contributed by atoms with Crippen LogP contribution >= 0.6 is 11.6 Å². The van der Waals surface area contributed by atoms with Gasteiger partial charge in [0, 0.05) is 10.7 Å². The quantitative estimate of drug-likeness (QED) is 0.753. The van der Waals surface area contributed by atoms with Crippen LogP contribution in [0, 0.1) is 11.3 Å². The third-order valence-electron chi connectivity index (χ3n) is 2.65. The first-order valence-corrected chi connectivity index (χ1v) is 5.98. The Hall–Kier alpha value is -2.71. The van der Waals surface area contributed by atoms with Gasteiger partial charge in [-0.05, 0) is 36.4 Å². The summed E-state index contributed by atoms with van der Waals surface area (Å²) < 4.78 is 0. The normalized spacial score (nSPS) is 9.80. The molecule has 2 aromatic rings. The van der Waals surface area contributed by atoms with Crippen LogP contribution < -0.4 is 11.1 Å². The molecular formula is C14H10ClN3O2. The number of carboxylic acids is 1. The summed E-state index contributed by atoms with van der Waals surface area (Å²) in [6.45, 7) is 0. The lowest BCUT2D eigenvalue weighted by molar-refractivity contribution is 0.0698. The number of hydrogen-bond donors (Lipinski definition) is 3. The summed E-state index contributed by atoms with van der Waals surface area (Å²) in [5.41, 5.74) is 7.08. The van der Waals surface area contributed by atoms with Crippen LogP contribution in [0.5, 0.6) is 0 Å². The first-order valence-electron chi connectivity index (χ1n) is 5.61. The summed E-state index contributed by atoms with van der Waals surface area (Å²) in [5.74, 6) is -1.11. The lowest BCUT2D eigenvalue weighted by Crippen LogP contribution is -2.04. The molecule has 0 fully saturated rings. The molecule has 0 saturated heterocycles. The molecule has 100 valence electrons. The van der Waals surface area contributed by atoms with Gasteiger partial charge in [-0.2, -0.15) is 5.26 Å². The zero-order chi connectivity index (χ0) is 14.7. The number of nitriles is 1. The molecule has 0 aliphatic rings. The SMILES string of the molecule is N#Cc1ccc(Cl)cc1Nc1ccc(N)cc1C(=O)O. The van der Waals surface area contributed by atoms with E-state index < -0.39 is 5.97 Å². The van der Waals surface area contributed by atoms with Crippen molar-refractivity contribution in [1.29, 1.82) is 5.26 Å². The van der Waals surface area contributed by atoms with Crippen molar-refractivity contribution in [3.05, 3.63) is 52.5 Å². The number of carbonyl (C=O) groups is 1. The fourth-order valence-corrected chi connectivity index (χ4v) is 1.88. The highest BCUT2D eigenvalue weighted by molar-refractivity contribution is 6.31. The topological polar surface area (TPSA) is 99.1 Å². The predicted octanol–water partition coefficient (Wildman–Crippen LogP) is 3.24. The molecule has 2 aromatic carbocycles.